The summed E-state index contributed by atoms with van der Waals surface area (Å²) in [5.41, 5.74) is 31.7. The molecule has 2 aliphatic heterocycles. The van der Waals surface area contributed by atoms with E-state index in [0.717, 1.165) is 110 Å². The predicted octanol–water partition coefficient (Wildman–Crippen LogP) is 22.9. The number of nitrogens with one attached hydrogen (secondary N) is 5. The lowest BCUT2D eigenvalue weighted by molar-refractivity contribution is 0.319. The maximum absolute atomic E-state index is 5.92. The van der Waals surface area contributed by atoms with E-state index in [4.69, 9.17) is 29.7 Å². The van der Waals surface area contributed by atoms with Gasteiger partial charge in [-0.3, -0.25) is 4.90 Å². The zero-order valence-corrected chi connectivity index (χ0v) is 65.9. The Morgan fingerprint density at radius 3 is 1.16 bits per heavy atom. The van der Waals surface area contributed by atoms with Gasteiger partial charge in [0.2, 0.25) is 0 Å². The van der Waals surface area contributed by atoms with Crippen LogP contribution in [0.1, 0.15) is 336 Å². The summed E-state index contributed by atoms with van der Waals surface area (Å²) in [6, 6.07) is 34.3. The minimum Gasteiger partial charge on any atom is -0.492 e. The van der Waals surface area contributed by atoms with Crippen LogP contribution in [0.15, 0.2) is 91.0 Å². The Morgan fingerprint density at radius 1 is 0.304 bits per heavy atom. The molecular weight excluding hydrogens is 1250 g/mol. The molecule has 5 aromatic heterocycles. The molecule has 0 radical (unpaired) electrons. The maximum atomic E-state index is 5.92. The average Bonchev–Trinajstić information content (AvgIpc) is 1.65. The minimum atomic E-state index is 0.418. The second-order valence-corrected chi connectivity index (χ2v) is 32.9. The molecule has 102 heavy (non-hydrogen) atoms. The van der Waals surface area contributed by atoms with Crippen LogP contribution in [0.25, 0.3) is 45.0 Å². The lowest BCUT2D eigenvalue weighted by Gasteiger charge is -2.16. The Hall–Kier alpha value is -8.09. The molecule has 3 aliphatic carbocycles. The van der Waals surface area contributed by atoms with Crippen LogP contribution in [0.3, 0.4) is 0 Å². The summed E-state index contributed by atoms with van der Waals surface area (Å²) in [4.78, 5) is 44.3. The summed E-state index contributed by atoms with van der Waals surface area (Å²) in [7, 11) is 2.18. The van der Waals surface area contributed by atoms with E-state index in [2.05, 4.69) is 266 Å². The van der Waals surface area contributed by atoms with Crippen LogP contribution in [-0.2, 0) is 64.5 Å². The summed E-state index contributed by atoms with van der Waals surface area (Å²) >= 11 is 0. The number of H-pyrrole nitrogens is 5. The van der Waals surface area contributed by atoms with Crippen molar-refractivity contribution in [3.8, 4) is 50.8 Å². The highest BCUT2D eigenvalue weighted by atomic mass is 16.5. The number of aryl methyl sites for hydroxylation is 6. The highest BCUT2D eigenvalue weighted by Crippen LogP contribution is 2.40. The molecule has 7 heterocycles. The molecule has 0 fully saturated rings. The molecule has 15 rings (SSSR count). The Morgan fingerprint density at radius 2 is 0.667 bits per heavy atom. The van der Waals surface area contributed by atoms with Crippen LogP contribution in [0, 0.1) is 0 Å². The third kappa shape index (κ3) is 17.4. The molecule has 5 aromatic carbocycles. The van der Waals surface area contributed by atoms with Crippen molar-refractivity contribution in [1.82, 2.24) is 54.7 Å². The zero-order valence-electron chi connectivity index (χ0n) is 65.9. The van der Waals surface area contributed by atoms with Gasteiger partial charge >= 0.3 is 0 Å². The first-order chi connectivity index (χ1) is 48.7. The van der Waals surface area contributed by atoms with Crippen LogP contribution in [0.2, 0.25) is 0 Å². The molecule has 0 saturated heterocycles. The van der Waals surface area contributed by atoms with E-state index in [0.29, 0.717) is 65.8 Å². The Bertz CT molecular complexity index is 4330. The van der Waals surface area contributed by atoms with E-state index < -0.39 is 0 Å². The summed E-state index contributed by atoms with van der Waals surface area (Å²) in [5, 5.41) is 0. The van der Waals surface area contributed by atoms with Crippen molar-refractivity contribution < 1.29 is 4.74 Å². The van der Waals surface area contributed by atoms with Crippen molar-refractivity contribution in [1.29, 1.82) is 0 Å². The summed E-state index contributed by atoms with van der Waals surface area (Å²) in [5.74, 6) is 11.6. The molecule has 0 atom stereocenters. The molecule has 10 aromatic rings. The van der Waals surface area contributed by atoms with Gasteiger partial charge in [0.25, 0.3) is 0 Å². The molecular formula is C90H121N11O. The molecule has 0 bridgehead atoms. The number of fused-ring (bicyclic) bond motifs is 14. The van der Waals surface area contributed by atoms with Gasteiger partial charge in [-0.15, -0.1) is 0 Å². The van der Waals surface area contributed by atoms with Gasteiger partial charge in [0.15, 0.2) is 0 Å². The molecule has 5 aliphatic rings. The summed E-state index contributed by atoms with van der Waals surface area (Å²) in [6.45, 7) is 47.0. The normalized spacial score (nSPS) is 14.5. The standard InChI is InChI=1S/C19H26N2.C18H25N3.2C18H24N2.C17H22N2O/c1-12(2)14-9-10-16-15(11-14)7-5-6-8-17-18(16)21-19(20-17)13(3)4;1-11(2)13-6-7-15-14(8-13)9-21(5)10-16-17(15)20-18(19-16)12(3)4;1-11(2)14-6-5-13-7-8-16-17(10-15(13)9-14)20-18(19-16)12(3)4;1-11(2)13-8-9-15-14(10-13)6-5-7-16-17(15)20-18(19-16)12(3)4;1-10(2)12-5-6-13-15(9-12)20-8-7-14-16(13)19-17(18-14)11(3)4/h9-13H,5-8H2,1-4H3,(H,20,21);6-8,11-12H,9-10H2,1-5H3,(H,19,20);5-6,9,11-12H,7-8,10H2,1-4H3,(H,19,20);8-12H,5-7H2,1-4H3,(H,19,20);5-6,9-11H,7-8H2,1-4H3,(H,18,19). The Labute approximate surface area is 611 Å². The van der Waals surface area contributed by atoms with Crippen LogP contribution < -0.4 is 4.74 Å². The first-order valence-corrected chi connectivity index (χ1v) is 39.1. The second-order valence-electron chi connectivity index (χ2n) is 32.9. The largest absolute Gasteiger partial charge is 0.492 e. The van der Waals surface area contributed by atoms with Crippen LogP contribution >= 0.6 is 0 Å². The number of ether oxygens (including phenoxy) is 1. The van der Waals surface area contributed by atoms with Gasteiger partial charge < -0.3 is 29.7 Å². The maximum Gasteiger partial charge on any atom is 0.129 e. The molecule has 0 amide bonds. The van der Waals surface area contributed by atoms with Gasteiger partial charge in [-0.25, -0.2) is 24.9 Å². The van der Waals surface area contributed by atoms with Gasteiger partial charge in [0.05, 0.1) is 40.8 Å². The number of aromatic amines is 5. The fourth-order valence-corrected chi connectivity index (χ4v) is 14.6. The molecule has 5 N–H and O–H groups in total. The molecule has 542 valence electrons. The van der Waals surface area contributed by atoms with E-state index >= 15 is 0 Å². The first-order valence-electron chi connectivity index (χ1n) is 39.1. The minimum absolute atomic E-state index is 0.418. The lowest BCUT2D eigenvalue weighted by atomic mass is 9.90. The fraction of sp³-hybridized carbons (Fsp3) is 0.500. The molecule has 0 unspecified atom stereocenters. The van der Waals surface area contributed by atoms with Crippen molar-refractivity contribution >= 4 is 0 Å². The zero-order chi connectivity index (χ0) is 73.0. The number of nitrogens with zero attached hydrogens (tertiary/aromatic N) is 6. The number of hydrogen-bond donors (Lipinski definition) is 5. The van der Waals surface area contributed by atoms with Gasteiger partial charge in [0, 0.05) is 101 Å². The van der Waals surface area contributed by atoms with Gasteiger partial charge in [-0.1, -0.05) is 217 Å². The number of imidazole rings is 5. The highest BCUT2D eigenvalue weighted by Gasteiger charge is 2.27. The lowest BCUT2D eigenvalue weighted by Crippen LogP contribution is -2.16. The smallest absolute Gasteiger partial charge is 0.129 e. The monoisotopic (exact) mass is 1370 g/mol. The van der Waals surface area contributed by atoms with E-state index in [1.54, 1.807) is 0 Å². The van der Waals surface area contributed by atoms with E-state index in [1.165, 1.54) is 144 Å². The van der Waals surface area contributed by atoms with Crippen molar-refractivity contribution in [2.45, 2.75) is 281 Å². The third-order valence-corrected chi connectivity index (χ3v) is 21.3. The third-order valence-electron chi connectivity index (χ3n) is 21.3. The highest BCUT2D eigenvalue weighted by molar-refractivity contribution is 5.72. The quantitative estimate of drug-likeness (QED) is 0.0913. The topological polar surface area (TPSA) is 156 Å². The summed E-state index contributed by atoms with van der Waals surface area (Å²) in [6.07, 6.45) is 12.4. The van der Waals surface area contributed by atoms with Gasteiger partial charge in [0.1, 0.15) is 34.9 Å². The van der Waals surface area contributed by atoms with Crippen molar-refractivity contribution in [3.05, 3.63) is 210 Å². The average molecular weight is 1370 g/mol. The molecule has 0 spiro atoms. The van der Waals surface area contributed by atoms with E-state index in [-0.39, 0.29) is 0 Å². The van der Waals surface area contributed by atoms with Crippen LogP contribution in [0.4, 0.5) is 0 Å². The Balaban J connectivity index is 0.000000128. The van der Waals surface area contributed by atoms with Crippen molar-refractivity contribution in [2.75, 3.05) is 13.7 Å². The van der Waals surface area contributed by atoms with Crippen molar-refractivity contribution in [2.24, 2.45) is 0 Å². The second kappa shape index (κ2) is 32.7. The van der Waals surface area contributed by atoms with Gasteiger partial charge in [-0.2, -0.15) is 0 Å². The van der Waals surface area contributed by atoms with Crippen LogP contribution in [-0.4, -0.2) is 68.4 Å². The fourth-order valence-electron chi connectivity index (χ4n) is 14.6. The number of rotatable bonds is 10. The first kappa shape index (κ1) is 75.1. The van der Waals surface area contributed by atoms with Crippen LogP contribution in [0.5, 0.6) is 5.75 Å². The molecule has 12 heteroatoms. The Kier molecular flexibility index (Phi) is 24.1. The number of benzene rings is 5. The van der Waals surface area contributed by atoms with Gasteiger partial charge in [-0.05, 0) is 162 Å². The summed E-state index contributed by atoms with van der Waals surface area (Å²) < 4.78 is 5.92. The van der Waals surface area contributed by atoms with E-state index in [1.807, 2.05) is 0 Å². The molecule has 0 saturated carbocycles. The predicted molar refractivity (Wildman–Crippen MR) is 425 cm³/mol. The van der Waals surface area contributed by atoms with Crippen molar-refractivity contribution in [3.63, 3.8) is 0 Å². The number of aromatic nitrogens is 10. The van der Waals surface area contributed by atoms with E-state index in [9.17, 15) is 0 Å². The number of hydrogen-bond acceptors (Lipinski definition) is 7. The SMILES string of the molecule is CC(C)c1ccc2c(c1)CCCCc1[nH]c(C(C)C)nc1-2.CC(C)c1ccc2c(c1)CCCc1[nH]c(C(C)C)nc1-2.CC(C)c1ccc2c(c1)CN(C)Cc1[nH]c(C(C)C)nc1-2.CC(C)c1ccc2c(c1)Cc1[nH]c(C(C)C)nc1CC2.CC(C)c1ccc2c(c1)OCCc1[nH]c(C(C)C)nc1-2. The molecule has 12 nitrogen and oxygen atoms in total.